The number of aliphatic hydroxyl groups excluding tert-OH is 1. The first-order chi connectivity index (χ1) is 9.67. The summed E-state index contributed by atoms with van der Waals surface area (Å²) >= 11 is 0. The van der Waals surface area contributed by atoms with Gasteiger partial charge in [-0.3, -0.25) is 4.90 Å². The summed E-state index contributed by atoms with van der Waals surface area (Å²) in [6.45, 7) is 7.67. The van der Waals surface area contributed by atoms with Crippen molar-refractivity contribution in [1.29, 1.82) is 0 Å². The van der Waals surface area contributed by atoms with Gasteiger partial charge in [0.15, 0.2) is 0 Å². The molecule has 1 aromatic rings. The molecule has 2 rings (SSSR count). The highest BCUT2D eigenvalue weighted by atomic mass is 16.3. The highest BCUT2D eigenvalue weighted by Crippen LogP contribution is 2.16. The Labute approximate surface area is 122 Å². The van der Waals surface area contributed by atoms with Crippen LogP contribution < -0.4 is 10.2 Å². The van der Waals surface area contributed by atoms with Gasteiger partial charge in [-0.1, -0.05) is 18.2 Å². The monoisotopic (exact) mass is 277 g/mol. The highest BCUT2D eigenvalue weighted by molar-refractivity contribution is 5.46. The Morgan fingerprint density at radius 3 is 2.35 bits per heavy atom. The first-order valence-corrected chi connectivity index (χ1v) is 7.49. The molecule has 1 saturated heterocycles. The molecule has 1 aliphatic heterocycles. The molecule has 0 aromatic heterocycles. The van der Waals surface area contributed by atoms with Gasteiger partial charge in [-0.25, -0.2) is 0 Å². The van der Waals surface area contributed by atoms with Crippen molar-refractivity contribution in [3.05, 3.63) is 30.3 Å². The van der Waals surface area contributed by atoms with Gasteiger partial charge in [-0.05, 0) is 32.5 Å². The number of benzene rings is 1. The predicted octanol–water partition coefficient (Wildman–Crippen LogP) is 1.17. The molecule has 1 atom stereocenters. The van der Waals surface area contributed by atoms with Crippen molar-refractivity contribution in [3.63, 3.8) is 0 Å². The predicted molar refractivity (Wildman–Crippen MR) is 84.3 cm³/mol. The summed E-state index contributed by atoms with van der Waals surface area (Å²) in [4.78, 5) is 4.94. The maximum atomic E-state index is 9.42. The van der Waals surface area contributed by atoms with Crippen LogP contribution in [0.2, 0.25) is 0 Å². The minimum absolute atomic E-state index is 0.156. The third-order valence-electron chi connectivity index (χ3n) is 4.43. The number of hydrogen-bond acceptors (Lipinski definition) is 4. The summed E-state index contributed by atoms with van der Waals surface area (Å²) in [6.07, 6.45) is 0.978. The van der Waals surface area contributed by atoms with Crippen LogP contribution in [-0.2, 0) is 0 Å². The van der Waals surface area contributed by atoms with Gasteiger partial charge >= 0.3 is 0 Å². The number of aliphatic hydroxyl groups is 1. The van der Waals surface area contributed by atoms with Crippen LogP contribution in [0.4, 0.5) is 5.69 Å². The van der Waals surface area contributed by atoms with Gasteiger partial charge in [-0.2, -0.15) is 0 Å². The first kappa shape index (κ1) is 15.3. The van der Waals surface area contributed by atoms with E-state index in [1.54, 1.807) is 0 Å². The average Bonchev–Trinajstić information content (AvgIpc) is 2.54. The van der Waals surface area contributed by atoms with Gasteiger partial charge in [0.2, 0.25) is 0 Å². The van der Waals surface area contributed by atoms with E-state index in [2.05, 4.69) is 52.4 Å². The van der Waals surface area contributed by atoms with E-state index < -0.39 is 0 Å². The zero-order chi connectivity index (χ0) is 14.4. The molecule has 1 fully saturated rings. The maximum Gasteiger partial charge on any atom is 0.0610 e. The van der Waals surface area contributed by atoms with E-state index in [4.69, 9.17) is 0 Å². The lowest BCUT2D eigenvalue weighted by Crippen LogP contribution is -2.50. The molecule has 1 unspecified atom stereocenters. The fourth-order valence-corrected chi connectivity index (χ4v) is 2.56. The molecule has 0 radical (unpaired) electrons. The Kier molecular flexibility index (Phi) is 5.40. The molecule has 0 saturated carbocycles. The van der Waals surface area contributed by atoms with Crippen LogP contribution in [0.25, 0.3) is 0 Å². The van der Waals surface area contributed by atoms with Gasteiger partial charge in [0.05, 0.1) is 6.61 Å². The van der Waals surface area contributed by atoms with E-state index in [-0.39, 0.29) is 12.1 Å². The van der Waals surface area contributed by atoms with Gasteiger partial charge < -0.3 is 15.3 Å². The Balaban J connectivity index is 1.77. The molecule has 0 aliphatic carbocycles. The van der Waals surface area contributed by atoms with E-state index in [9.17, 15) is 5.11 Å². The lowest BCUT2D eigenvalue weighted by molar-refractivity contribution is 0.149. The molecule has 1 aromatic carbocycles. The minimum Gasteiger partial charge on any atom is -0.394 e. The van der Waals surface area contributed by atoms with Crippen LogP contribution in [0, 0.1) is 0 Å². The highest BCUT2D eigenvalue weighted by Gasteiger charge is 2.23. The maximum absolute atomic E-state index is 9.42. The second kappa shape index (κ2) is 7.07. The summed E-state index contributed by atoms with van der Waals surface area (Å²) in [7, 11) is 1.92. The largest absolute Gasteiger partial charge is 0.394 e. The van der Waals surface area contributed by atoms with Crippen LogP contribution in [0.15, 0.2) is 30.3 Å². The molecular weight excluding hydrogens is 250 g/mol. The summed E-state index contributed by atoms with van der Waals surface area (Å²) in [5.74, 6) is 0. The number of piperazine rings is 1. The fourth-order valence-electron chi connectivity index (χ4n) is 2.56. The molecule has 2 N–H and O–H groups in total. The van der Waals surface area contributed by atoms with E-state index in [0.29, 0.717) is 0 Å². The molecule has 20 heavy (non-hydrogen) atoms. The second-order valence-electron chi connectivity index (χ2n) is 5.88. The normalized spacial score (nSPS) is 19.9. The smallest absolute Gasteiger partial charge is 0.0610 e. The number of para-hydroxylation sites is 1. The first-order valence-electron chi connectivity index (χ1n) is 7.49. The second-order valence-corrected chi connectivity index (χ2v) is 5.88. The molecule has 4 nitrogen and oxygen atoms in total. The van der Waals surface area contributed by atoms with E-state index in [0.717, 1.165) is 39.1 Å². The Morgan fingerprint density at radius 1 is 1.15 bits per heavy atom. The van der Waals surface area contributed by atoms with Crippen molar-refractivity contribution in [3.8, 4) is 0 Å². The van der Waals surface area contributed by atoms with Crippen molar-refractivity contribution in [1.82, 2.24) is 10.2 Å². The fraction of sp³-hybridized carbons (Fsp3) is 0.625. The van der Waals surface area contributed by atoms with Crippen LogP contribution in [0.5, 0.6) is 0 Å². The lowest BCUT2D eigenvalue weighted by atomic mass is 9.99. The molecule has 0 amide bonds. The van der Waals surface area contributed by atoms with Gasteiger partial charge in [0, 0.05) is 44.0 Å². The quantitative estimate of drug-likeness (QED) is 0.819. The zero-order valence-electron chi connectivity index (χ0n) is 12.7. The molecule has 0 bridgehead atoms. The zero-order valence-corrected chi connectivity index (χ0v) is 12.7. The molecule has 1 aliphatic rings. The average molecular weight is 277 g/mol. The topological polar surface area (TPSA) is 38.7 Å². The van der Waals surface area contributed by atoms with Crippen molar-refractivity contribution in [2.45, 2.75) is 18.9 Å². The van der Waals surface area contributed by atoms with Crippen LogP contribution in [0.1, 0.15) is 13.3 Å². The Morgan fingerprint density at radius 2 is 1.80 bits per heavy atom. The summed E-state index contributed by atoms with van der Waals surface area (Å²) in [6, 6.07) is 10.6. The van der Waals surface area contributed by atoms with Gasteiger partial charge in [0.25, 0.3) is 0 Å². The number of likely N-dealkylation sites (N-methyl/N-ethyl adjacent to an activating group) is 1. The van der Waals surface area contributed by atoms with Crippen molar-refractivity contribution in [2.24, 2.45) is 0 Å². The lowest BCUT2D eigenvalue weighted by Gasteiger charge is -2.38. The number of rotatable bonds is 6. The SMILES string of the molecule is CNC(C)(CO)CCN1CCN(c2ccccc2)CC1. The van der Waals surface area contributed by atoms with Crippen LogP contribution in [-0.4, -0.2) is 61.9 Å². The number of nitrogens with zero attached hydrogens (tertiary/aromatic N) is 2. The molecule has 4 heteroatoms. The third-order valence-corrected chi connectivity index (χ3v) is 4.43. The number of anilines is 1. The third kappa shape index (κ3) is 3.95. The van der Waals surface area contributed by atoms with E-state index in [1.807, 2.05) is 7.05 Å². The number of nitrogens with one attached hydrogen (secondary N) is 1. The van der Waals surface area contributed by atoms with Gasteiger partial charge in [-0.15, -0.1) is 0 Å². The summed E-state index contributed by atoms with van der Waals surface area (Å²) in [5.41, 5.74) is 1.17. The molecule has 0 spiro atoms. The summed E-state index contributed by atoms with van der Waals surface area (Å²) < 4.78 is 0. The van der Waals surface area contributed by atoms with Gasteiger partial charge in [0.1, 0.15) is 0 Å². The summed E-state index contributed by atoms with van der Waals surface area (Å²) in [5, 5.41) is 12.6. The molecule has 112 valence electrons. The standard InChI is InChI=1S/C16H27N3O/c1-16(14-20,17-2)8-9-18-10-12-19(13-11-18)15-6-4-3-5-7-15/h3-7,17,20H,8-14H2,1-2H3. The van der Waals surface area contributed by atoms with E-state index >= 15 is 0 Å². The number of hydrogen-bond donors (Lipinski definition) is 2. The molecule has 1 heterocycles. The van der Waals surface area contributed by atoms with Crippen LogP contribution in [0.3, 0.4) is 0 Å². The minimum atomic E-state index is -0.156. The molecular formula is C16H27N3O. The Hall–Kier alpha value is -1.10. The van der Waals surface area contributed by atoms with Crippen molar-refractivity contribution in [2.75, 3.05) is 51.3 Å². The van der Waals surface area contributed by atoms with Crippen molar-refractivity contribution >= 4 is 5.69 Å². The Bertz CT molecular complexity index is 384. The van der Waals surface area contributed by atoms with Crippen LogP contribution >= 0.6 is 0 Å². The van der Waals surface area contributed by atoms with E-state index in [1.165, 1.54) is 5.69 Å². The van der Waals surface area contributed by atoms with Crippen molar-refractivity contribution < 1.29 is 5.11 Å².